The average molecular weight is 298 g/mol. The number of hydrogen-bond donors (Lipinski definition) is 3. The molecule has 0 bridgehead atoms. The molecule has 0 amide bonds. The van der Waals surface area contributed by atoms with E-state index in [-0.39, 0.29) is 17.1 Å². The molecule has 0 saturated heterocycles. The zero-order valence-corrected chi connectivity index (χ0v) is 11.6. The molecule has 0 spiro atoms. The van der Waals surface area contributed by atoms with Gasteiger partial charge < -0.3 is 10.8 Å². The zero-order valence-electron chi connectivity index (χ0n) is 9.98. The molecule has 1 aromatic heterocycles. The van der Waals surface area contributed by atoms with E-state index in [2.05, 4.69) is 4.72 Å². The van der Waals surface area contributed by atoms with E-state index in [0.29, 0.717) is 5.56 Å². The van der Waals surface area contributed by atoms with Gasteiger partial charge >= 0.3 is 0 Å². The van der Waals surface area contributed by atoms with Gasteiger partial charge in [0.15, 0.2) is 0 Å². The summed E-state index contributed by atoms with van der Waals surface area (Å²) in [7, 11) is -3.71. The first-order valence-corrected chi connectivity index (χ1v) is 7.97. The van der Waals surface area contributed by atoms with Crippen LogP contribution in [0.5, 0.6) is 0 Å². The molecule has 0 aliphatic heterocycles. The first-order valence-electron chi connectivity index (χ1n) is 5.55. The average Bonchev–Trinajstić information content (AvgIpc) is 2.90. The summed E-state index contributed by atoms with van der Waals surface area (Å²) in [5.74, 6) is 0. The number of aliphatic hydroxyl groups is 1. The molecule has 102 valence electrons. The molecule has 5 nitrogen and oxygen atoms in total. The summed E-state index contributed by atoms with van der Waals surface area (Å²) in [5, 5.41) is 13.4. The molecule has 19 heavy (non-hydrogen) atoms. The second-order valence-electron chi connectivity index (χ2n) is 3.96. The molecular formula is C12H14N2O3S2. The van der Waals surface area contributed by atoms with E-state index in [1.165, 1.54) is 23.5 Å². The lowest BCUT2D eigenvalue weighted by molar-refractivity contribution is 0.182. The Bertz CT molecular complexity index is 639. The first-order chi connectivity index (χ1) is 9.00. The van der Waals surface area contributed by atoms with Gasteiger partial charge in [-0.15, -0.1) is 0 Å². The molecule has 1 atom stereocenters. The number of nitrogens with two attached hydrogens (primary N) is 1. The van der Waals surface area contributed by atoms with Gasteiger partial charge in [0.25, 0.3) is 0 Å². The molecule has 7 heteroatoms. The molecule has 0 aliphatic rings. The molecule has 2 rings (SSSR count). The lowest BCUT2D eigenvalue weighted by atomic mass is 10.2. The van der Waals surface area contributed by atoms with Crippen molar-refractivity contribution in [3.05, 3.63) is 46.7 Å². The van der Waals surface area contributed by atoms with Crippen LogP contribution in [-0.4, -0.2) is 20.1 Å². The highest BCUT2D eigenvalue weighted by Crippen LogP contribution is 2.19. The Balaban J connectivity index is 2.09. The number of hydrogen-bond acceptors (Lipinski definition) is 5. The number of nitrogens with one attached hydrogen (secondary N) is 1. The molecule has 2 aromatic rings. The van der Waals surface area contributed by atoms with Gasteiger partial charge in [-0.05, 0) is 34.5 Å². The van der Waals surface area contributed by atoms with Crippen LogP contribution in [0.4, 0.5) is 5.69 Å². The van der Waals surface area contributed by atoms with Crippen molar-refractivity contribution in [1.82, 2.24) is 4.72 Å². The van der Waals surface area contributed by atoms with E-state index in [9.17, 15) is 13.5 Å². The topological polar surface area (TPSA) is 92.4 Å². The largest absolute Gasteiger partial charge is 0.398 e. The summed E-state index contributed by atoms with van der Waals surface area (Å²) in [6.45, 7) is -0.0899. The third-order valence-corrected chi connectivity index (χ3v) is 4.80. The van der Waals surface area contributed by atoms with E-state index < -0.39 is 16.1 Å². The molecule has 1 unspecified atom stereocenters. The van der Waals surface area contributed by atoms with Crippen molar-refractivity contribution in [2.75, 3.05) is 12.3 Å². The number of aliphatic hydroxyl groups excluding tert-OH is 1. The highest BCUT2D eigenvalue weighted by molar-refractivity contribution is 7.89. The maximum absolute atomic E-state index is 12.0. The Morgan fingerprint density at radius 3 is 2.68 bits per heavy atom. The summed E-state index contributed by atoms with van der Waals surface area (Å²) >= 11 is 1.44. The third-order valence-electron chi connectivity index (χ3n) is 2.60. The minimum absolute atomic E-state index is 0.0209. The Kier molecular flexibility index (Phi) is 4.20. The Labute approximate surface area is 115 Å². The van der Waals surface area contributed by atoms with Gasteiger partial charge in [-0.3, -0.25) is 0 Å². The maximum Gasteiger partial charge on any atom is 0.242 e. The standard InChI is InChI=1S/C12H14N2O3S2/c13-10-3-1-2-4-12(10)19(16,17)14-7-11(15)9-5-6-18-8-9/h1-6,8,11,14-15H,7,13H2. The number of anilines is 1. The number of rotatable bonds is 5. The monoisotopic (exact) mass is 298 g/mol. The zero-order chi connectivity index (χ0) is 13.9. The minimum atomic E-state index is -3.71. The van der Waals surface area contributed by atoms with Gasteiger partial charge in [0.2, 0.25) is 10.0 Å². The van der Waals surface area contributed by atoms with Crippen molar-refractivity contribution in [3.63, 3.8) is 0 Å². The van der Waals surface area contributed by atoms with Crippen LogP contribution >= 0.6 is 11.3 Å². The lowest BCUT2D eigenvalue weighted by Gasteiger charge is -2.12. The Morgan fingerprint density at radius 1 is 1.32 bits per heavy atom. The van der Waals surface area contributed by atoms with Gasteiger partial charge in [-0.1, -0.05) is 12.1 Å². The number of sulfonamides is 1. The van der Waals surface area contributed by atoms with Gasteiger partial charge in [0.05, 0.1) is 11.8 Å². The summed E-state index contributed by atoms with van der Waals surface area (Å²) in [4.78, 5) is 0.0209. The summed E-state index contributed by atoms with van der Waals surface area (Å²) < 4.78 is 26.4. The predicted octanol–water partition coefficient (Wildman–Crippen LogP) is 1.34. The SMILES string of the molecule is Nc1ccccc1S(=O)(=O)NCC(O)c1ccsc1. The molecule has 1 aromatic carbocycles. The van der Waals surface area contributed by atoms with Crippen LogP contribution in [0.25, 0.3) is 0 Å². The number of nitrogen functional groups attached to an aromatic ring is 1. The lowest BCUT2D eigenvalue weighted by Crippen LogP contribution is -2.29. The summed E-state index contributed by atoms with van der Waals surface area (Å²) in [6.07, 6.45) is -0.869. The van der Waals surface area contributed by atoms with Crippen molar-refractivity contribution < 1.29 is 13.5 Å². The third kappa shape index (κ3) is 3.32. The Hall–Kier alpha value is -1.41. The molecule has 1 heterocycles. The normalized spacial score (nSPS) is 13.3. The van der Waals surface area contributed by atoms with E-state index in [4.69, 9.17) is 5.73 Å². The van der Waals surface area contributed by atoms with Gasteiger partial charge in [0, 0.05) is 6.54 Å². The summed E-state index contributed by atoms with van der Waals surface area (Å²) in [6, 6.07) is 7.95. The van der Waals surface area contributed by atoms with E-state index in [1.807, 2.05) is 5.38 Å². The predicted molar refractivity (Wildman–Crippen MR) is 75.3 cm³/mol. The van der Waals surface area contributed by atoms with E-state index >= 15 is 0 Å². The number of benzene rings is 1. The van der Waals surface area contributed by atoms with Crippen molar-refractivity contribution in [1.29, 1.82) is 0 Å². The van der Waals surface area contributed by atoms with Gasteiger partial charge in [-0.25, -0.2) is 13.1 Å². The molecule has 0 fully saturated rings. The van der Waals surface area contributed by atoms with Crippen LogP contribution in [0, 0.1) is 0 Å². The second kappa shape index (κ2) is 5.70. The second-order valence-corrected chi connectivity index (χ2v) is 6.48. The minimum Gasteiger partial charge on any atom is -0.398 e. The van der Waals surface area contributed by atoms with E-state index in [0.717, 1.165) is 0 Å². The highest BCUT2D eigenvalue weighted by Gasteiger charge is 2.18. The van der Waals surface area contributed by atoms with Crippen LogP contribution in [0.15, 0.2) is 46.0 Å². The molecule has 4 N–H and O–H groups in total. The first kappa shape index (κ1) is 14.0. The van der Waals surface area contributed by atoms with Crippen LogP contribution in [0.3, 0.4) is 0 Å². The van der Waals surface area contributed by atoms with Crippen molar-refractivity contribution in [2.24, 2.45) is 0 Å². The van der Waals surface area contributed by atoms with Crippen LogP contribution in [-0.2, 0) is 10.0 Å². The van der Waals surface area contributed by atoms with Gasteiger partial charge in [-0.2, -0.15) is 11.3 Å². The Morgan fingerprint density at radius 2 is 2.05 bits per heavy atom. The van der Waals surface area contributed by atoms with Crippen LogP contribution < -0.4 is 10.5 Å². The molecule has 0 aliphatic carbocycles. The number of thiophene rings is 1. The smallest absolute Gasteiger partial charge is 0.242 e. The fourth-order valence-electron chi connectivity index (χ4n) is 1.57. The highest BCUT2D eigenvalue weighted by atomic mass is 32.2. The van der Waals surface area contributed by atoms with Crippen molar-refractivity contribution in [3.8, 4) is 0 Å². The quantitative estimate of drug-likeness (QED) is 0.726. The maximum atomic E-state index is 12.0. The van der Waals surface area contributed by atoms with Gasteiger partial charge in [0.1, 0.15) is 4.90 Å². The fourth-order valence-corrected chi connectivity index (χ4v) is 3.45. The fraction of sp³-hybridized carbons (Fsp3) is 0.167. The molecular weight excluding hydrogens is 284 g/mol. The number of para-hydroxylation sites is 1. The molecule has 0 radical (unpaired) electrons. The van der Waals surface area contributed by atoms with Crippen molar-refractivity contribution in [2.45, 2.75) is 11.0 Å². The summed E-state index contributed by atoms with van der Waals surface area (Å²) in [5.41, 5.74) is 6.50. The molecule has 0 saturated carbocycles. The van der Waals surface area contributed by atoms with Crippen LogP contribution in [0.2, 0.25) is 0 Å². The van der Waals surface area contributed by atoms with Crippen molar-refractivity contribution >= 4 is 27.0 Å². The van der Waals surface area contributed by atoms with Crippen LogP contribution in [0.1, 0.15) is 11.7 Å². The van der Waals surface area contributed by atoms with E-state index in [1.54, 1.807) is 23.6 Å².